The molecule has 3 amide bonds. The Morgan fingerprint density at radius 2 is 1.55 bits per heavy atom. The van der Waals surface area contributed by atoms with Crippen LogP contribution in [0.15, 0.2) is 60.7 Å². The van der Waals surface area contributed by atoms with Crippen LogP contribution in [0.1, 0.15) is 15.9 Å². The summed E-state index contributed by atoms with van der Waals surface area (Å²) >= 11 is 6.20. The predicted octanol–water partition coefficient (Wildman–Crippen LogP) is 5.56. The van der Waals surface area contributed by atoms with E-state index in [1.165, 1.54) is 20.3 Å². The van der Waals surface area contributed by atoms with Crippen molar-refractivity contribution in [3.05, 3.63) is 76.8 Å². The molecule has 3 aromatic carbocycles. The number of para-hydroxylation sites is 1. The fourth-order valence-corrected chi connectivity index (χ4v) is 3.18. The fourth-order valence-electron chi connectivity index (χ4n) is 2.89. The van der Waals surface area contributed by atoms with Crippen molar-refractivity contribution < 1.29 is 19.1 Å². The van der Waals surface area contributed by atoms with E-state index in [4.69, 9.17) is 21.1 Å². The summed E-state index contributed by atoms with van der Waals surface area (Å²) in [6, 6.07) is 17.0. The van der Waals surface area contributed by atoms with Crippen molar-refractivity contribution in [1.29, 1.82) is 0 Å². The van der Waals surface area contributed by atoms with Crippen LogP contribution in [0.5, 0.6) is 11.5 Å². The lowest BCUT2D eigenvalue weighted by Gasteiger charge is -2.14. The van der Waals surface area contributed by atoms with Crippen LogP contribution in [0, 0.1) is 6.92 Å². The summed E-state index contributed by atoms with van der Waals surface area (Å²) in [5.74, 6) is 0.328. The smallest absolute Gasteiger partial charge is 0.323 e. The van der Waals surface area contributed by atoms with Crippen molar-refractivity contribution in [1.82, 2.24) is 0 Å². The van der Waals surface area contributed by atoms with Gasteiger partial charge in [0, 0.05) is 22.6 Å². The number of methoxy groups -OCH3 is 2. The molecular weight excluding hydrogens is 418 g/mol. The minimum atomic E-state index is -0.390. The van der Waals surface area contributed by atoms with Crippen molar-refractivity contribution in [2.45, 2.75) is 6.92 Å². The highest BCUT2D eigenvalue weighted by Gasteiger charge is 2.16. The third-order valence-electron chi connectivity index (χ3n) is 4.47. The van der Waals surface area contributed by atoms with Crippen LogP contribution in [0.25, 0.3) is 0 Å². The number of carbonyl (C=O) groups is 2. The molecule has 0 saturated heterocycles. The molecule has 0 aliphatic carbocycles. The number of anilines is 3. The summed E-state index contributed by atoms with van der Waals surface area (Å²) in [6.07, 6.45) is 0. The van der Waals surface area contributed by atoms with E-state index < -0.39 is 0 Å². The molecule has 0 heterocycles. The lowest BCUT2D eigenvalue weighted by Crippen LogP contribution is -2.19. The third kappa shape index (κ3) is 5.46. The second-order valence-electron chi connectivity index (χ2n) is 6.62. The number of rotatable bonds is 6. The molecule has 0 unspecified atom stereocenters. The van der Waals surface area contributed by atoms with Gasteiger partial charge in [-0.3, -0.25) is 4.79 Å². The first-order valence-electron chi connectivity index (χ1n) is 9.38. The Bertz CT molecular complexity index is 1100. The molecule has 0 radical (unpaired) electrons. The van der Waals surface area contributed by atoms with Gasteiger partial charge in [0.2, 0.25) is 0 Å². The number of nitrogens with one attached hydrogen (secondary N) is 3. The number of amides is 3. The van der Waals surface area contributed by atoms with Gasteiger partial charge in [0.05, 0.1) is 19.2 Å². The average molecular weight is 440 g/mol. The fraction of sp³-hybridized carbons (Fsp3) is 0.130. The molecule has 0 saturated carbocycles. The molecule has 7 nitrogen and oxygen atoms in total. The van der Waals surface area contributed by atoms with E-state index in [-0.39, 0.29) is 17.0 Å². The van der Waals surface area contributed by atoms with Gasteiger partial charge in [0.25, 0.3) is 5.91 Å². The Balaban J connectivity index is 1.75. The van der Waals surface area contributed by atoms with E-state index in [1.807, 2.05) is 25.1 Å². The van der Waals surface area contributed by atoms with Gasteiger partial charge in [0.1, 0.15) is 0 Å². The third-order valence-corrected chi connectivity index (χ3v) is 4.75. The number of urea groups is 1. The summed E-state index contributed by atoms with van der Waals surface area (Å²) in [7, 11) is 2.94. The van der Waals surface area contributed by atoms with Crippen LogP contribution in [0.3, 0.4) is 0 Å². The van der Waals surface area contributed by atoms with Crippen LogP contribution in [0.4, 0.5) is 21.9 Å². The Morgan fingerprint density at radius 1 is 0.839 bits per heavy atom. The Hall–Kier alpha value is -3.71. The number of aryl methyl sites for hydroxylation is 1. The first-order chi connectivity index (χ1) is 14.9. The molecule has 0 bridgehead atoms. The van der Waals surface area contributed by atoms with Crippen LogP contribution in [-0.2, 0) is 0 Å². The summed E-state index contributed by atoms with van der Waals surface area (Å²) in [5.41, 5.74) is 2.88. The molecule has 3 N–H and O–H groups in total. The number of benzene rings is 3. The molecule has 0 aliphatic heterocycles. The molecule has 0 atom stereocenters. The highest BCUT2D eigenvalue weighted by atomic mass is 35.5. The maximum absolute atomic E-state index is 12.8. The lowest BCUT2D eigenvalue weighted by atomic mass is 10.1. The van der Waals surface area contributed by atoms with E-state index in [0.717, 1.165) is 5.56 Å². The zero-order valence-corrected chi connectivity index (χ0v) is 18.0. The Morgan fingerprint density at radius 3 is 2.23 bits per heavy atom. The molecule has 8 heteroatoms. The van der Waals surface area contributed by atoms with E-state index >= 15 is 0 Å². The van der Waals surface area contributed by atoms with Crippen LogP contribution >= 0.6 is 11.6 Å². The molecule has 0 aliphatic rings. The molecule has 3 aromatic rings. The van der Waals surface area contributed by atoms with Crippen molar-refractivity contribution >= 4 is 40.6 Å². The number of hydrogen-bond donors (Lipinski definition) is 3. The largest absolute Gasteiger partial charge is 0.493 e. The van der Waals surface area contributed by atoms with Gasteiger partial charge in [-0.05, 0) is 48.9 Å². The Labute approximate surface area is 185 Å². The second-order valence-corrected chi connectivity index (χ2v) is 7.03. The minimum absolute atomic E-state index is 0.261. The van der Waals surface area contributed by atoms with Gasteiger partial charge in [-0.2, -0.15) is 0 Å². The quantitative estimate of drug-likeness (QED) is 0.469. The monoisotopic (exact) mass is 439 g/mol. The summed E-state index contributed by atoms with van der Waals surface area (Å²) in [4.78, 5) is 25.0. The second kappa shape index (κ2) is 9.86. The first kappa shape index (κ1) is 22.0. The predicted molar refractivity (Wildman–Crippen MR) is 123 cm³/mol. The molecular formula is C23H22ClN3O4. The van der Waals surface area contributed by atoms with Crippen LogP contribution in [0.2, 0.25) is 5.02 Å². The number of hydrogen-bond acceptors (Lipinski definition) is 4. The van der Waals surface area contributed by atoms with E-state index in [0.29, 0.717) is 34.1 Å². The van der Waals surface area contributed by atoms with Crippen molar-refractivity contribution in [2.75, 3.05) is 30.2 Å². The molecule has 3 rings (SSSR count). The van der Waals surface area contributed by atoms with E-state index in [1.54, 1.807) is 36.4 Å². The van der Waals surface area contributed by atoms with Gasteiger partial charge >= 0.3 is 6.03 Å². The first-order valence-corrected chi connectivity index (χ1v) is 9.75. The van der Waals surface area contributed by atoms with E-state index in [9.17, 15) is 9.59 Å². The Kier molecular flexibility index (Phi) is 6.99. The van der Waals surface area contributed by atoms with Gasteiger partial charge in [0.15, 0.2) is 11.5 Å². The topological polar surface area (TPSA) is 88.7 Å². The lowest BCUT2D eigenvalue weighted by molar-refractivity contribution is 0.102. The normalized spacial score (nSPS) is 10.2. The summed E-state index contributed by atoms with van der Waals surface area (Å²) < 4.78 is 10.4. The maximum Gasteiger partial charge on any atom is 0.323 e. The standard InChI is InChI=1S/C23H22ClN3O4/c1-14-9-10-17(26-23(29)25-16-7-5-4-6-8-16)13-19(14)27-22(28)15-11-18(24)21(31-3)20(12-15)30-2/h4-13H,1-3H3,(H,27,28)(H2,25,26,29). The highest BCUT2D eigenvalue weighted by Crippen LogP contribution is 2.36. The molecule has 160 valence electrons. The SMILES string of the molecule is COc1cc(C(=O)Nc2cc(NC(=O)Nc3ccccc3)ccc2C)cc(Cl)c1OC. The van der Waals surface area contributed by atoms with Gasteiger partial charge < -0.3 is 25.4 Å². The van der Waals surface area contributed by atoms with Crippen molar-refractivity contribution in [2.24, 2.45) is 0 Å². The maximum atomic E-state index is 12.8. The highest BCUT2D eigenvalue weighted by molar-refractivity contribution is 6.32. The number of ether oxygens (including phenoxy) is 2. The molecule has 31 heavy (non-hydrogen) atoms. The molecule has 0 fully saturated rings. The van der Waals surface area contributed by atoms with Crippen molar-refractivity contribution in [3.8, 4) is 11.5 Å². The van der Waals surface area contributed by atoms with E-state index in [2.05, 4.69) is 16.0 Å². The molecule has 0 aromatic heterocycles. The van der Waals surface area contributed by atoms with Gasteiger partial charge in [-0.1, -0.05) is 35.9 Å². The minimum Gasteiger partial charge on any atom is -0.493 e. The van der Waals surface area contributed by atoms with Gasteiger partial charge in [-0.25, -0.2) is 4.79 Å². The average Bonchev–Trinajstić information content (AvgIpc) is 2.76. The summed E-state index contributed by atoms with van der Waals surface area (Å²) in [5, 5.41) is 8.60. The number of carbonyl (C=O) groups excluding carboxylic acids is 2. The number of halogens is 1. The van der Waals surface area contributed by atoms with Crippen LogP contribution < -0.4 is 25.4 Å². The molecule has 0 spiro atoms. The van der Waals surface area contributed by atoms with Gasteiger partial charge in [-0.15, -0.1) is 0 Å². The zero-order chi connectivity index (χ0) is 22.4. The van der Waals surface area contributed by atoms with Crippen LogP contribution in [-0.4, -0.2) is 26.2 Å². The van der Waals surface area contributed by atoms with Crippen molar-refractivity contribution in [3.63, 3.8) is 0 Å². The zero-order valence-electron chi connectivity index (χ0n) is 17.3. The summed E-state index contributed by atoms with van der Waals surface area (Å²) in [6.45, 7) is 1.85.